The fourth-order valence-electron chi connectivity index (χ4n) is 3.35. The predicted octanol–water partition coefficient (Wildman–Crippen LogP) is 5.74. The van der Waals surface area contributed by atoms with Gasteiger partial charge in [-0.05, 0) is 32.1 Å². The van der Waals surface area contributed by atoms with E-state index in [1.807, 2.05) is 0 Å². The van der Waals surface area contributed by atoms with E-state index < -0.39 is 12.1 Å². The fourth-order valence-corrected chi connectivity index (χ4v) is 3.35. The molecule has 0 saturated carbocycles. The Morgan fingerprint density at radius 2 is 1.27 bits per heavy atom. The summed E-state index contributed by atoms with van der Waals surface area (Å²) in [6, 6.07) is 0. The van der Waals surface area contributed by atoms with Crippen LogP contribution in [-0.2, 0) is 9.53 Å². The molecule has 1 heterocycles. The molecule has 0 spiro atoms. The van der Waals surface area contributed by atoms with Crippen molar-refractivity contribution in [2.45, 2.75) is 122 Å². The van der Waals surface area contributed by atoms with Crippen LogP contribution in [0.3, 0.4) is 0 Å². The molecule has 0 bridgehead atoms. The van der Waals surface area contributed by atoms with E-state index in [-0.39, 0.29) is 43.8 Å². The molecule has 0 aromatic carbocycles. The zero-order chi connectivity index (χ0) is 18.2. The normalized spacial score (nSPS) is 18.8. The van der Waals surface area contributed by atoms with Crippen LogP contribution in [0.1, 0.15) is 110 Å². The molecule has 1 N–H and O–H groups in total. The summed E-state index contributed by atoms with van der Waals surface area (Å²) in [5.74, 6) is -0.800. The number of carbonyl (C=O) groups is 1. The standard InChI is InChI=1S/C22H40O3.Ca.2H/c1-2-3-4-5-6-7-8-9-10-11-12-13-14-15-16-17-18-19-20-21(25-20)22(23)24;;;/h9-10,20-21H,2-8,11-19H2,1H3,(H,23,24);;;/b10-9-;;;. The number of allylic oxidation sites excluding steroid dienone is 2. The van der Waals surface area contributed by atoms with Crippen molar-refractivity contribution in [3.05, 3.63) is 12.2 Å². The van der Waals surface area contributed by atoms with Gasteiger partial charge in [-0.25, -0.2) is 4.79 Å². The Morgan fingerprint density at radius 3 is 1.73 bits per heavy atom. The van der Waals surface area contributed by atoms with Gasteiger partial charge in [-0.3, -0.25) is 0 Å². The molecule has 4 heteroatoms. The first-order valence-corrected chi connectivity index (χ1v) is 10.8. The summed E-state index contributed by atoms with van der Waals surface area (Å²) >= 11 is 0. The Morgan fingerprint density at radius 1 is 0.808 bits per heavy atom. The van der Waals surface area contributed by atoms with Crippen LogP contribution < -0.4 is 0 Å². The van der Waals surface area contributed by atoms with Crippen LogP contribution in [0, 0.1) is 0 Å². The van der Waals surface area contributed by atoms with Crippen LogP contribution in [0.2, 0.25) is 0 Å². The third-order valence-electron chi connectivity index (χ3n) is 5.08. The van der Waals surface area contributed by atoms with E-state index in [0.717, 1.165) is 12.8 Å². The van der Waals surface area contributed by atoms with Crippen molar-refractivity contribution in [3.63, 3.8) is 0 Å². The Labute approximate surface area is 191 Å². The van der Waals surface area contributed by atoms with Crippen molar-refractivity contribution in [3.8, 4) is 0 Å². The molecule has 0 aromatic heterocycles. The third-order valence-corrected chi connectivity index (χ3v) is 5.08. The number of hydrogen-bond donors (Lipinski definition) is 1. The van der Waals surface area contributed by atoms with Crippen molar-refractivity contribution in [2.24, 2.45) is 0 Å². The molecule has 0 amide bonds. The van der Waals surface area contributed by atoms with Crippen LogP contribution in [0.25, 0.3) is 0 Å². The van der Waals surface area contributed by atoms with Crippen LogP contribution in [-0.4, -0.2) is 61.0 Å². The molecule has 2 atom stereocenters. The van der Waals surface area contributed by atoms with E-state index in [0.29, 0.717) is 0 Å². The number of carboxylic acids is 1. The van der Waals surface area contributed by atoms with Gasteiger partial charge < -0.3 is 9.84 Å². The number of unbranched alkanes of at least 4 members (excludes halogenated alkanes) is 13. The van der Waals surface area contributed by atoms with Gasteiger partial charge in [0.15, 0.2) is 6.10 Å². The minimum atomic E-state index is -0.800. The van der Waals surface area contributed by atoms with Gasteiger partial charge in [0.25, 0.3) is 0 Å². The fraction of sp³-hybridized carbons (Fsp3) is 0.864. The average Bonchev–Trinajstić information content (AvgIpc) is 3.37. The molecule has 26 heavy (non-hydrogen) atoms. The Balaban J connectivity index is 0.00000625. The molecule has 0 radical (unpaired) electrons. The second-order valence-electron chi connectivity index (χ2n) is 7.51. The first-order chi connectivity index (χ1) is 12.3. The summed E-state index contributed by atoms with van der Waals surface area (Å²) in [7, 11) is 0. The molecule has 0 aliphatic carbocycles. The van der Waals surface area contributed by atoms with Gasteiger partial charge in [-0.1, -0.05) is 89.7 Å². The molecule has 150 valence electrons. The minimum absolute atomic E-state index is 0. The van der Waals surface area contributed by atoms with Crippen molar-refractivity contribution in [1.82, 2.24) is 0 Å². The zero-order valence-electron chi connectivity index (χ0n) is 16.4. The quantitative estimate of drug-likeness (QED) is 0.140. The number of carboxylic acid groups (broad SMARTS) is 1. The Hall–Kier alpha value is 0.430. The molecular weight excluding hydrogens is 352 g/mol. The summed E-state index contributed by atoms with van der Waals surface area (Å²) in [4.78, 5) is 10.6. The van der Waals surface area contributed by atoms with Crippen molar-refractivity contribution >= 4 is 43.7 Å². The van der Waals surface area contributed by atoms with Crippen LogP contribution in [0.5, 0.6) is 0 Å². The van der Waals surface area contributed by atoms with E-state index in [4.69, 9.17) is 9.84 Å². The third kappa shape index (κ3) is 15.5. The first kappa shape index (κ1) is 26.4. The second kappa shape index (κ2) is 18.8. The SMILES string of the molecule is CCCCCCCC/C=C\CCCCCCCCCC1OC1C(=O)O.[CaH2]. The van der Waals surface area contributed by atoms with E-state index in [1.54, 1.807) is 0 Å². The summed E-state index contributed by atoms with van der Waals surface area (Å²) in [5, 5.41) is 8.74. The van der Waals surface area contributed by atoms with Crippen LogP contribution in [0.15, 0.2) is 12.2 Å². The van der Waals surface area contributed by atoms with Crippen molar-refractivity contribution < 1.29 is 14.6 Å². The van der Waals surface area contributed by atoms with Gasteiger partial charge in [-0.15, -0.1) is 0 Å². The molecule has 2 unspecified atom stereocenters. The molecule has 1 aliphatic heterocycles. The topological polar surface area (TPSA) is 49.8 Å². The van der Waals surface area contributed by atoms with Crippen LogP contribution >= 0.6 is 0 Å². The molecule has 3 nitrogen and oxygen atoms in total. The zero-order valence-corrected chi connectivity index (χ0v) is 16.4. The summed E-state index contributed by atoms with van der Waals surface area (Å²) < 4.78 is 5.10. The summed E-state index contributed by atoms with van der Waals surface area (Å²) in [5.41, 5.74) is 0. The van der Waals surface area contributed by atoms with E-state index >= 15 is 0 Å². The number of rotatable bonds is 18. The van der Waals surface area contributed by atoms with Gasteiger partial charge in [0.1, 0.15) is 0 Å². The van der Waals surface area contributed by atoms with Gasteiger partial charge in [0, 0.05) is 0 Å². The van der Waals surface area contributed by atoms with Crippen LogP contribution in [0.4, 0.5) is 0 Å². The van der Waals surface area contributed by atoms with E-state index in [1.165, 1.54) is 89.9 Å². The van der Waals surface area contributed by atoms with Gasteiger partial charge in [-0.2, -0.15) is 0 Å². The van der Waals surface area contributed by atoms with Crippen molar-refractivity contribution in [1.29, 1.82) is 0 Å². The van der Waals surface area contributed by atoms with E-state index in [9.17, 15) is 4.79 Å². The van der Waals surface area contributed by atoms with Crippen molar-refractivity contribution in [2.75, 3.05) is 0 Å². The average molecular weight is 395 g/mol. The first-order valence-electron chi connectivity index (χ1n) is 10.8. The monoisotopic (exact) mass is 394 g/mol. The summed E-state index contributed by atoms with van der Waals surface area (Å²) in [6.07, 6.45) is 24.9. The maximum absolute atomic E-state index is 10.6. The Kier molecular flexibility index (Phi) is 19.1. The second-order valence-corrected chi connectivity index (χ2v) is 7.51. The Bertz CT molecular complexity index is 357. The number of epoxide rings is 1. The molecule has 1 saturated heterocycles. The molecular formula is C22H42CaO3. The van der Waals surface area contributed by atoms with Gasteiger partial charge in [0.2, 0.25) is 0 Å². The maximum atomic E-state index is 10.6. The number of ether oxygens (including phenoxy) is 1. The van der Waals surface area contributed by atoms with Gasteiger partial charge >= 0.3 is 43.7 Å². The molecule has 1 aliphatic rings. The molecule has 0 aromatic rings. The molecule has 1 rings (SSSR count). The van der Waals surface area contributed by atoms with Gasteiger partial charge in [0.05, 0.1) is 6.10 Å². The van der Waals surface area contributed by atoms with E-state index in [2.05, 4.69) is 19.1 Å². The number of aliphatic carboxylic acids is 1. The molecule has 1 fully saturated rings. The summed E-state index contributed by atoms with van der Waals surface area (Å²) in [6.45, 7) is 2.27. The number of hydrogen-bond acceptors (Lipinski definition) is 2. The predicted molar refractivity (Wildman–Crippen MR) is 114 cm³/mol.